The topological polar surface area (TPSA) is 42.3 Å². The first-order chi connectivity index (χ1) is 10.7. The van der Waals surface area contributed by atoms with Crippen molar-refractivity contribution in [3.05, 3.63) is 47.5 Å². The molecule has 1 aromatic carbocycles. The van der Waals surface area contributed by atoms with Gasteiger partial charge in [0.1, 0.15) is 11.6 Å². The molecule has 1 saturated heterocycles. The summed E-state index contributed by atoms with van der Waals surface area (Å²) in [5, 5.41) is 3.48. The van der Waals surface area contributed by atoms with E-state index in [4.69, 9.17) is 4.74 Å². The normalized spacial score (nSPS) is 18.5. The average molecular weight is 337 g/mol. The average Bonchev–Trinajstić information content (AvgIpc) is 2.94. The van der Waals surface area contributed by atoms with Crippen molar-refractivity contribution in [2.24, 2.45) is 7.05 Å². The van der Waals surface area contributed by atoms with Gasteiger partial charge in [0, 0.05) is 45.6 Å². The molecule has 1 N–H and O–H groups in total. The summed E-state index contributed by atoms with van der Waals surface area (Å²) in [6.07, 6.45) is 3.89. The molecule has 0 saturated carbocycles. The molecular weight excluding hydrogens is 312 g/mol. The molecule has 1 unspecified atom stereocenters. The first-order valence-electron chi connectivity index (χ1n) is 7.74. The van der Waals surface area contributed by atoms with Crippen molar-refractivity contribution in [3.8, 4) is 5.75 Å². The fourth-order valence-electron chi connectivity index (χ4n) is 3.16. The first-order valence-corrected chi connectivity index (χ1v) is 7.74. The molecule has 0 amide bonds. The molecule has 1 fully saturated rings. The number of imidazole rings is 1. The number of halogens is 1. The zero-order valence-electron chi connectivity index (χ0n) is 14.0. The largest absolute Gasteiger partial charge is 0.496 e. The number of hydrogen-bond acceptors (Lipinski definition) is 4. The van der Waals surface area contributed by atoms with Crippen LogP contribution in [0.1, 0.15) is 23.0 Å². The van der Waals surface area contributed by atoms with Gasteiger partial charge in [0.25, 0.3) is 0 Å². The third-order valence-corrected chi connectivity index (χ3v) is 4.36. The van der Waals surface area contributed by atoms with Gasteiger partial charge in [-0.15, -0.1) is 12.4 Å². The molecule has 5 nitrogen and oxygen atoms in total. The summed E-state index contributed by atoms with van der Waals surface area (Å²) in [5.41, 5.74) is 2.50. The van der Waals surface area contributed by atoms with E-state index in [0.717, 1.165) is 37.8 Å². The van der Waals surface area contributed by atoms with Crippen molar-refractivity contribution in [3.63, 3.8) is 0 Å². The van der Waals surface area contributed by atoms with Gasteiger partial charge >= 0.3 is 0 Å². The predicted octanol–water partition coefficient (Wildman–Crippen LogP) is 2.31. The van der Waals surface area contributed by atoms with Gasteiger partial charge in [-0.1, -0.05) is 12.1 Å². The van der Waals surface area contributed by atoms with Gasteiger partial charge in [0.2, 0.25) is 0 Å². The van der Waals surface area contributed by atoms with Gasteiger partial charge in [-0.25, -0.2) is 4.98 Å². The molecule has 6 heteroatoms. The van der Waals surface area contributed by atoms with Crippen molar-refractivity contribution in [1.82, 2.24) is 19.8 Å². The maximum atomic E-state index is 5.35. The Hall–Kier alpha value is -1.56. The molecule has 3 rings (SSSR count). The molecule has 1 aromatic heterocycles. The molecule has 1 aliphatic heterocycles. The van der Waals surface area contributed by atoms with Gasteiger partial charge in [0.15, 0.2) is 0 Å². The highest BCUT2D eigenvalue weighted by Gasteiger charge is 2.26. The summed E-state index contributed by atoms with van der Waals surface area (Å²) in [4.78, 5) is 7.04. The van der Waals surface area contributed by atoms with Crippen LogP contribution < -0.4 is 10.1 Å². The van der Waals surface area contributed by atoms with Crippen LogP contribution in [0.5, 0.6) is 5.75 Å². The third kappa shape index (κ3) is 3.86. The van der Waals surface area contributed by atoms with E-state index in [-0.39, 0.29) is 12.4 Å². The molecule has 1 aliphatic rings. The standard InChI is InChI=1S/C17H24N4O.ClH/c1-13-10-14(4-5-16(13)22-3)12-21-9-6-18-11-15(21)17-19-7-8-20(17)2;/h4-5,7-8,10,15,18H,6,9,11-12H2,1-3H3;1H. The van der Waals surface area contributed by atoms with Gasteiger partial charge in [-0.05, 0) is 24.1 Å². The molecule has 2 aromatic rings. The Balaban J connectivity index is 0.00000192. The van der Waals surface area contributed by atoms with Crippen molar-refractivity contribution in [2.75, 3.05) is 26.7 Å². The quantitative estimate of drug-likeness (QED) is 0.930. The second-order valence-electron chi connectivity index (χ2n) is 5.89. The highest BCUT2D eigenvalue weighted by molar-refractivity contribution is 5.85. The minimum atomic E-state index is 0. The Kier molecular flexibility index (Phi) is 6.04. The van der Waals surface area contributed by atoms with Crippen LogP contribution >= 0.6 is 12.4 Å². The number of rotatable bonds is 4. The van der Waals surface area contributed by atoms with Gasteiger partial charge < -0.3 is 14.6 Å². The molecular formula is C17H25ClN4O. The summed E-state index contributed by atoms with van der Waals surface area (Å²) >= 11 is 0. The van der Waals surface area contributed by atoms with Crippen LogP contribution in [0.4, 0.5) is 0 Å². The van der Waals surface area contributed by atoms with Gasteiger partial charge in [0.05, 0.1) is 13.2 Å². The van der Waals surface area contributed by atoms with Crippen LogP contribution in [0, 0.1) is 6.92 Å². The summed E-state index contributed by atoms with van der Waals surface area (Å²) in [6, 6.07) is 6.75. The van der Waals surface area contributed by atoms with Crippen LogP contribution in [0.15, 0.2) is 30.6 Å². The van der Waals surface area contributed by atoms with Crippen molar-refractivity contribution >= 4 is 12.4 Å². The number of methoxy groups -OCH3 is 1. The minimum absolute atomic E-state index is 0. The third-order valence-electron chi connectivity index (χ3n) is 4.36. The second kappa shape index (κ2) is 7.81. The van der Waals surface area contributed by atoms with Crippen LogP contribution in [0.2, 0.25) is 0 Å². The summed E-state index contributed by atoms with van der Waals surface area (Å²) in [7, 11) is 3.78. The molecule has 1 atom stereocenters. The summed E-state index contributed by atoms with van der Waals surface area (Å²) < 4.78 is 7.46. The van der Waals surface area contributed by atoms with Crippen LogP contribution in [-0.2, 0) is 13.6 Å². The van der Waals surface area contributed by atoms with E-state index in [9.17, 15) is 0 Å². The minimum Gasteiger partial charge on any atom is -0.496 e. The van der Waals surface area contributed by atoms with Crippen LogP contribution in [0.3, 0.4) is 0 Å². The summed E-state index contributed by atoms with van der Waals surface area (Å²) in [6.45, 7) is 6.03. The molecule has 23 heavy (non-hydrogen) atoms. The maximum absolute atomic E-state index is 5.35. The molecule has 0 spiro atoms. The van der Waals surface area contributed by atoms with Crippen molar-refractivity contribution < 1.29 is 4.74 Å². The van der Waals surface area contributed by atoms with E-state index < -0.39 is 0 Å². The lowest BCUT2D eigenvalue weighted by atomic mass is 10.1. The monoisotopic (exact) mass is 336 g/mol. The fraction of sp³-hybridized carbons (Fsp3) is 0.471. The van der Waals surface area contributed by atoms with Crippen molar-refractivity contribution in [1.29, 1.82) is 0 Å². The number of piperazine rings is 1. The molecule has 2 heterocycles. The first kappa shape index (κ1) is 17.8. The fourth-order valence-corrected chi connectivity index (χ4v) is 3.16. The van der Waals surface area contributed by atoms with E-state index in [1.165, 1.54) is 11.1 Å². The van der Waals surface area contributed by atoms with Crippen LogP contribution in [0.25, 0.3) is 0 Å². The molecule has 0 bridgehead atoms. The number of nitrogens with one attached hydrogen (secondary N) is 1. The van der Waals surface area contributed by atoms with Crippen molar-refractivity contribution in [2.45, 2.75) is 19.5 Å². The SMILES string of the molecule is COc1ccc(CN2CCNCC2c2nccn2C)cc1C.Cl. The smallest absolute Gasteiger partial charge is 0.127 e. The molecule has 0 aliphatic carbocycles. The molecule has 126 valence electrons. The van der Waals surface area contributed by atoms with E-state index in [1.807, 2.05) is 12.4 Å². The van der Waals surface area contributed by atoms with E-state index in [2.05, 4.69) is 51.9 Å². The Morgan fingerprint density at radius 1 is 1.39 bits per heavy atom. The number of benzene rings is 1. The Morgan fingerprint density at radius 2 is 2.22 bits per heavy atom. The zero-order chi connectivity index (χ0) is 15.5. The number of aryl methyl sites for hydroxylation is 2. The van der Waals surface area contributed by atoms with E-state index >= 15 is 0 Å². The Bertz CT molecular complexity index is 643. The number of ether oxygens (including phenoxy) is 1. The highest BCUT2D eigenvalue weighted by Crippen LogP contribution is 2.25. The highest BCUT2D eigenvalue weighted by atomic mass is 35.5. The number of hydrogen-bond donors (Lipinski definition) is 1. The van der Waals surface area contributed by atoms with E-state index in [0.29, 0.717) is 6.04 Å². The number of aromatic nitrogens is 2. The second-order valence-corrected chi connectivity index (χ2v) is 5.89. The lowest BCUT2D eigenvalue weighted by Crippen LogP contribution is -2.46. The van der Waals surface area contributed by atoms with E-state index in [1.54, 1.807) is 7.11 Å². The number of nitrogens with zero attached hydrogens (tertiary/aromatic N) is 3. The Morgan fingerprint density at radius 3 is 2.87 bits per heavy atom. The lowest BCUT2D eigenvalue weighted by molar-refractivity contribution is 0.144. The lowest BCUT2D eigenvalue weighted by Gasteiger charge is -2.35. The molecule has 0 radical (unpaired) electrons. The summed E-state index contributed by atoms with van der Waals surface area (Å²) in [5.74, 6) is 2.07. The predicted molar refractivity (Wildman–Crippen MR) is 94.2 cm³/mol. The van der Waals surface area contributed by atoms with Crippen LogP contribution in [-0.4, -0.2) is 41.2 Å². The Labute approximate surface area is 144 Å². The van der Waals surface area contributed by atoms with Gasteiger partial charge in [-0.2, -0.15) is 0 Å². The maximum Gasteiger partial charge on any atom is 0.127 e. The zero-order valence-corrected chi connectivity index (χ0v) is 14.8. The van der Waals surface area contributed by atoms with Gasteiger partial charge in [-0.3, -0.25) is 4.90 Å².